The zero-order chi connectivity index (χ0) is 12.3. The fourth-order valence-corrected chi connectivity index (χ4v) is 2.23. The van der Waals surface area contributed by atoms with Gasteiger partial charge in [-0.25, -0.2) is 0 Å². The molecule has 1 aromatic carbocycles. The molecule has 1 aliphatic rings. The third kappa shape index (κ3) is 2.33. The number of rotatable bonds is 3. The van der Waals surface area contributed by atoms with Crippen molar-refractivity contribution < 1.29 is 9.53 Å². The molecule has 0 saturated carbocycles. The number of para-hydroxylation sites is 1. The molecule has 0 aromatic heterocycles. The van der Waals surface area contributed by atoms with Crippen molar-refractivity contribution >= 4 is 11.6 Å². The van der Waals surface area contributed by atoms with E-state index in [1.54, 1.807) is 4.90 Å². The normalized spacial score (nSPS) is 16.5. The van der Waals surface area contributed by atoms with Crippen LogP contribution in [0, 0.1) is 0 Å². The first-order valence-corrected chi connectivity index (χ1v) is 5.90. The number of amides is 1. The van der Waals surface area contributed by atoms with Crippen molar-refractivity contribution in [2.45, 2.75) is 18.9 Å². The van der Waals surface area contributed by atoms with Crippen LogP contribution in [0.4, 0.5) is 5.69 Å². The van der Waals surface area contributed by atoms with E-state index in [1.807, 2.05) is 18.2 Å². The van der Waals surface area contributed by atoms with Crippen molar-refractivity contribution in [2.75, 3.05) is 25.1 Å². The maximum Gasteiger partial charge on any atom is 0.257 e. The fourth-order valence-electron chi connectivity index (χ4n) is 2.23. The van der Waals surface area contributed by atoms with Crippen LogP contribution in [0.1, 0.15) is 12.0 Å². The third-order valence-electron chi connectivity index (χ3n) is 3.15. The lowest BCUT2D eigenvalue weighted by Gasteiger charge is -2.31. The first-order chi connectivity index (χ1) is 8.27. The molecule has 1 aliphatic heterocycles. The molecule has 1 unspecified atom stereocenters. The number of aryl methyl sites for hydroxylation is 1. The van der Waals surface area contributed by atoms with Crippen LogP contribution >= 0.6 is 0 Å². The van der Waals surface area contributed by atoms with E-state index in [0.29, 0.717) is 0 Å². The predicted molar refractivity (Wildman–Crippen MR) is 67.0 cm³/mol. The van der Waals surface area contributed by atoms with Crippen LogP contribution in [0.5, 0.6) is 0 Å². The molecule has 0 fully saturated rings. The van der Waals surface area contributed by atoms with E-state index in [2.05, 4.69) is 6.07 Å². The van der Waals surface area contributed by atoms with Crippen LogP contribution in [-0.4, -0.2) is 32.2 Å². The summed E-state index contributed by atoms with van der Waals surface area (Å²) in [5.74, 6) is -0.0397. The summed E-state index contributed by atoms with van der Waals surface area (Å²) in [7, 11) is 1.52. The molecule has 92 valence electrons. The van der Waals surface area contributed by atoms with E-state index in [0.717, 1.165) is 25.1 Å². The molecule has 4 nitrogen and oxygen atoms in total. The Morgan fingerprint density at radius 3 is 3.00 bits per heavy atom. The molecule has 1 atom stereocenters. The highest BCUT2D eigenvalue weighted by Crippen LogP contribution is 2.27. The Kier molecular flexibility index (Phi) is 3.76. The second-order valence-corrected chi connectivity index (χ2v) is 4.18. The van der Waals surface area contributed by atoms with Gasteiger partial charge in [0, 0.05) is 25.9 Å². The maximum atomic E-state index is 12.2. The third-order valence-corrected chi connectivity index (χ3v) is 3.15. The highest BCUT2D eigenvalue weighted by atomic mass is 16.5. The van der Waals surface area contributed by atoms with Crippen molar-refractivity contribution in [3.63, 3.8) is 0 Å². The monoisotopic (exact) mass is 234 g/mol. The SMILES string of the molecule is COC(CN)C(=O)N1CCCc2ccccc21. The molecule has 0 bridgehead atoms. The average molecular weight is 234 g/mol. The smallest absolute Gasteiger partial charge is 0.257 e. The highest BCUT2D eigenvalue weighted by Gasteiger charge is 2.27. The summed E-state index contributed by atoms with van der Waals surface area (Å²) in [5, 5.41) is 0. The van der Waals surface area contributed by atoms with Crippen LogP contribution in [-0.2, 0) is 16.0 Å². The summed E-state index contributed by atoms with van der Waals surface area (Å²) in [6.07, 6.45) is 1.48. The number of benzene rings is 1. The van der Waals surface area contributed by atoms with E-state index < -0.39 is 6.10 Å². The van der Waals surface area contributed by atoms with Gasteiger partial charge < -0.3 is 15.4 Å². The molecule has 0 spiro atoms. The van der Waals surface area contributed by atoms with Crippen LogP contribution in [0.15, 0.2) is 24.3 Å². The molecule has 17 heavy (non-hydrogen) atoms. The van der Waals surface area contributed by atoms with E-state index in [4.69, 9.17) is 10.5 Å². The summed E-state index contributed by atoms with van der Waals surface area (Å²) in [6.45, 7) is 0.962. The second kappa shape index (κ2) is 5.29. The molecule has 2 N–H and O–H groups in total. The maximum absolute atomic E-state index is 12.2. The Labute approximate surface area is 101 Å². The second-order valence-electron chi connectivity index (χ2n) is 4.18. The molecule has 1 heterocycles. The minimum absolute atomic E-state index is 0.0397. The van der Waals surface area contributed by atoms with Crippen molar-refractivity contribution in [1.29, 1.82) is 0 Å². The number of fused-ring (bicyclic) bond motifs is 1. The summed E-state index contributed by atoms with van der Waals surface area (Å²) in [6, 6.07) is 8.01. The van der Waals surface area contributed by atoms with E-state index >= 15 is 0 Å². The van der Waals surface area contributed by atoms with Gasteiger partial charge in [0.15, 0.2) is 0 Å². The lowest BCUT2D eigenvalue weighted by Crippen LogP contribution is -2.45. The van der Waals surface area contributed by atoms with Gasteiger partial charge in [0.05, 0.1) is 0 Å². The Morgan fingerprint density at radius 1 is 1.53 bits per heavy atom. The highest BCUT2D eigenvalue weighted by molar-refractivity contribution is 5.97. The Bertz CT molecular complexity index is 402. The standard InChI is InChI=1S/C13H18N2O2/c1-17-12(9-14)13(16)15-8-4-6-10-5-2-3-7-11(10)15/h2-3,5,7,12H,4,6,8-9,14H2,1H3. The Balaban J connectivity index is 2.26. The number of hydrogen-bond donors (Lipinski definition) is 1. The van der Waals surface area contributed by atoms with Gasteiger partial charge in [-0.1, -0.05) is 18.2 Å². The molecular formula is C13H18N2O2. The average Bonchev–Trinajstić information content (AvgIpc) is 2.39. The van der Waals surface area contributed by atoms with Gasteiger partial charge in [0.1, 0.15) is 6.10 Å². The topological polar surface area (TPSA) is 55.6 Å². The number of anilines is 1. The summed E-state index contributed by atoms with van der Waals surface area (Å²) in [4.78, 5) is 14.0. The van der Waals surface area contributed by atoms with Gasteiger partial charge in [-0.05, 0) is 24.5 Å². The van der Waals surface area contributed by atoms with Crippen LogP contribution in [0.3, 0.4) is 0 Å². The largest absolute Gasteiger partial charge is 0.370 e. The number of nitrogens with two attached hydrogens (primary N) is 1. The molecule has 0 aliphatic carbocycles. The fraction of sp³-hybridized carbons (Fsp3) is 0.462. The number of ether oxygens (including phenoxy) is 1. The first-order valence-electron chi connectivity index (χ1n) is 5.90. The Morgan fingerprint density at radius 2 is 2.29 bits per heavy atom. The summed E-state index contributed by atoms with van der Waals surface area (Å²) in [5.41, 5.74) is 7.76. The number of hydrogen-bond acceptors (Lipinski definition) is 3. The summed E-state index contributed by atoms with van der Waals surface area (Å²) >= 11 is 0. The van der Waals surface area contributed by atoms with Crippen molar-refractivity contribution in [2.24, 2.45) is 5.73 Å². The van der Waals surface area contributed by atoms with Gasteiger partial charge in [-0.3, -0.25) is 4.79 Å². The lowest BCUT2D eigenvalue weighted by atomic mass is 10.0. The number of nitrogens with zero attached hydrogens (tertiary/aromatic N) is 1. The number of carbonyl (C=O) groups excluding carboxylic acids is 1. The molecule has 2 rings (SSSR count). The number of methoxy groups -OCH3 is 1. The van der Waals surface area contributed by atoms with Crippen molar-refractivity contribution in [3.8, 4) is 0 Å². The summed E-state index contributed by atoms with van der Waals surface area (Å²) < 4.78 is 5.11. The van der Waals surface area contributed by atoms with Gasteiger partial charge >= 0.3 is 0 Å². The van der Waals surface area contributed by atoms with Gasteiger partial charge in [0.25, 0.3) is 5.91 Å². The van der Waals surface area contributed by atoms with E-state index in [9.17, 15) is 4.79 Å². The molecule has 4 heteroatoms. The molecule has 0 radical (unpaired) electrons. The zero-order valence-corrected chi connectivity index (χ0v) is 10.1. The lowest BCUT2D eigenvalue weighted by molar-refractivity contribution is -0.127. The molecule has 0 saturated heterocycles. The van der Waals surface area contributed by atoms with Crippen LogP contribution < -0.4 is 10.6 Å². The minimum Gasteiger partial charge on any atom is -0.370 e. The predicted octanol–water partition coefficient (Wildman–Crippen LogP) is 0.940. The van der Waals surface area contributed by atoms with E-state index in [1.165, 1.54) is 12.7 Å². The Hall–Kier alpha value is -1.39. The minimum atomic E-state index is -0.541. The van der Waals surface area contributed by atoms with Gasteiger partial charge in [-0.15, -0.1) is 0 Å². The molecule has 1 aromatic rings. The van der Waals surface area contributed by atoms with Gasteiger partial charge in [-0.2, -0.15) is 0 Å². The first kappa shape index (κ1) is 12.1. The molecule has 1 amide bonds. The number of carbonyl (C=O) groups is 1. The van der Waals surface area contributed by atoms with Crippen molar-refractivity contribution in [3.05, 3.63) is 29.8 Å². The van der Waals surface area contributed by atoms with E-state index in [-0.39, 0.29) is 12.5 Å². The van der Waals surface area contributed by atoms with Gasteiger partial charge in [0.2, 0.25) is 0 Å². The van der Waals surface area contributed by atoms with Crippen LogP contribution in [0.25, 0.3) is 0 Å². The quantitative estimate of drug-likeness (QED) is 0.846. The molecular weight excluding hydrogens is 216 g/mol. The van der Waals surface area contributed by atoms with Crippen molar-refractivity contribution in [1.82, 2.24) is 0 Å². The van der Waals surface area contributed by atoms with Crippen LogP contribution in [0.2, 0.25) is 0 Å². The zero-order valence-electron chi connectivity index (χ0n) is 10.1.